The van der Waals surface area contributed by atoms with E-state index in [0.29, 0.717) is 5.92 Å². The number of hydrogen-bond donors (Lipinski definition) is 3. The number of nitrogens with one attached hydrogen (secondary N) is 3. The first-order valence-electron chi connectivity index (χ1n) is 12.7. The molecule has 1 aliphatic heterocycles. The third kappa shape index (κ3) is 3.79. The number of anilines is 2. The van der Waals surface area contributed by atoms with Gasteiger partial charge in [-0.15, -0.1) is 0 Å². The van der Waals surface area contributed by atoms with Crippen molar-refractivity contribution in [3.63, 3.8) is 0 Å². The van der Waals surface area contributed by atoms with Gasteiger partial charge in [-0.1, -0.05) is 12.6 Å². The summed E-state index contributed by atoms with van der Waals surface area (Å²) in [5.74, 6) is 1.30. The molecule has 1 saturated carbocycles. The zero-order chi connectivity index (χ0) is 24.1. The predicted octanol–water partition coefficient (Wildman–Crippen LogP) is 5.89. The third-order valence-corrected chi connectivity index (χ3v) is 7.23. The van der Waals surface area contributed by atoms with Crippen molar-refractivity contribution in [2.24, 2.45) is 5.92 Å². The fraction of sp³-hybridized carbons (Fsp3) is 0.286. The molecule has 1 aromatic carbocycles. The van der Waals surface area contributed by atoms with E-state index in [9.17, 15) is 0 Å². The van der Waals surface area contributed by atoms with Crippen LogP contribution in [0.4, 0.5) is 11.4 Å². The van der Waals surface area contributed by atoms with Crippen LogP contribution in [0.3, 0.4) is 0 Å². The van der Waals surface area contributed by atoms with Gasteiger partial charge in [0.1, 0.15) is 11.0 Å². The number of pyridine rings is 2. The van der Waals surface area contributed by atoms with Crippen molar-refractivity contribution in [1.82, 2.24) is 30.1 Å². The summed E-state index contributed by atoms with van der Waals surface area (Å²) in [6.45, 7) is 6.32. The predicted molar refractivity (Wildman–Crippen MR) is 144 cm³/mol. The van der Waals surface area contributed by atoms with Gasteiger partial charge in [-0.2, -0.15) is 5.10 Å². The average molecular weight is 477 g/mol. The van der Waals surface area contributed by atoms with Crippen LogP contribution in [0.25, 0.3) is 44.8 Å². The number of aromatic amines is 2. The average Bonchev–Trinajstić information content (AvgIpc) is 3.55. The van der Waals surface area contributed by atoms with E-state index in [2.05, 4.69) is 61.2 Å². The summed E-state index contributed by atoms with van der Waals surface area (Å²) in [6, 6.07) is 12.4. The Kier molecular flexibility index (Phi) is 4.97. The third-order valence-electron chi connectivity index (χ3n) is 7.23. The van der Waals surface area contributed by atoms with Crippen LogP contribution in [0.15, 0.2) is 61.1 Å². The lowest BCUT2D eigenvalue weighted by Crippen LogP contribution is -2.29. The number of fused-ring (bicyclic) bond motifs is 2. The Hall–Kier alpha value is -4.20. The number of nitrogens with zero attached hydrogens (tertiary/aromatic N) is 5. The summed E-state index contributed by atoms with van der Waals surface area (Å²) in [5, 5.41) is 11.1. The molecule has 1 saturated heterocycles. The molecule has 0 radical (unpaired) electrons. The van der Waals surface area contributed by atoms with Crippen LogP contribution >= 0.6 is 0 Å². The summed E-state index contributed by atoms with van der Waals surface area (Å²) in [4.78, 5) is 20.3. The van der Waals surface area contributed by atoms with E-state index in [1.54, 1.807) is 0 Å². The van der Waals surface area contributed by atoms with E-state index in [-0.39, 0.29) is 0 Å². The number of imidazole rings is 1. The highest BCUT2D eigenvalue weighted by molar-refractivity contribution is 5.95. The van der Waals surface area contributed by atoms with E-state index < -0.39 is 0 Å². The van der Waals surface area contributed by atoms with Crippen molar-refractivity contribution in [2.75, 3.05) is 23.3 Å². The lowest BCUT2D eigenvalue weighted by Gasteiger charge is -2.28. The van der Waals surface area contributed by atoms with Gasteiger partial charge in [0.15, 0.2) is 11.5 Å². The van der Waals surface area contributed by atoms with Crippen LogP contribution in [0, 0.1) is 5.92 Å². The zero-order valence-corrected chi connectivity index (χ0v) is 20.1. The summed E-state index contributed by atoms with van der Waals surface area (Å²) in [7, 11) is 0. The van der Waals surface area contributed by atoms with E-state index in [1.165, 1.54) is 37.8 Å². The van der Waals surface area contributed by atoms with E-state index in [0.717, 1.165) is 69.3 Å². The topological polar surface area (TPSA) is 98.4 Å². The Morgan fingerprint density at radius 3 is 2.72 bits per heavy atom. The maximum absolute atomic E-state index is 5.00. The van der Waals surface area contributed by atoms with Gasteiger partial charge in [0, 0.05) is 30.5 Å². The molecule has 2 fully saturated rings. The Balaban J connectivity index is 1.25. The number of rotatable bonds is 6. The Labute approximate surface area is 208 Å². The number of H-pyrrole nitrogens is 2. The summed E-state index contributed by atoms with van der Waals surface area (Å²) in [6.07, 6.45) is 9.84. The largest absolute Gasteiger partial charge is 0.370 e. The molecule has 36 heavy (non-hydrogen) atoms. The molecular weight excluding hydrogens is 448 g/mol. The molecular formula is C28H28N8. The standard InChI is InChI=1S/C28H28N8/c1-17(18-8-9-18)30-20-14-19(15-29-16-20)21-10-11-23-26(31-21)27(35-34-23)28-32-22-6-5-7-24(25(22)33-28)36-12-3-2-4-13-36/h5-7,10-11,14-16,18,30H,1-4,8-9,12-13H2,(H,32,33)(H,34,35). The van der Waals surface area contributed by atoms with Crippen LogP contribution in [0.5, 0.6) is 0 Å². The molecule has 2 aliphatic rings. The van der Waals surface area contributed by atoms with Crippen molar-refractivity contribution in [1.29, 1.82) is 0 Å². The van der Waals surface area contributed by atoms with Crippen LogP contribution in [-0.4, -0.2) is 43.2 Å². The molecule has 8 heteroatoms. The number of aromatic nitrogens is 6. The molecule has 5 heterocycles. The van der Waals surface area contributed by atoms with Gasteiger partial charge in [0.05, 0.1) is 34.3 Å². The molecule has 4 aromatic heterocycles. The second-order valence-electron chi connectivity index (χ2n) is 9.86. The monoisotopic (exact) mass is 476 g/mol. The van der Waals surface area contributed by atoms with Gasteiger partial charge in [0.25, 0.3) is 0 Å². The summed E-state index contributed by atoms with van der Waals surface area (Å²) >= 11 is 0. The number of allylic oxidation sites excluding steroid dienone is 1. The first kappa shape index (κ1) is 21.1. The first-order valence-corrected chi connectivity index (χ1v) is 12.7. The molecule has 1 aliphatic carbocycles. The van der Waals surface area contributed by atoms with Crippen molar-refractivity contribution in [3.8, 4) is 22.8 Å². The van der Waals surface area contributed by atoms with Crippen LogP contribution in [0.2, 0.25) is 0 Å². The van der Waals surface area contributed by atoms with Gasteiger partial charge in [0.2, 0.25) is 0 Å². The first-order chi connectivity index (χ1) is 17.7. The van der Waals surface area contributed by atoms with Gasteiger partial charge in [-0.25, -0.2) is 9.97 Å². The molecule has 0 spiro atoms. The molecule has 3 N–H and O–H groups in total. The Bertz CT molecular complexity index is 1590. The Morgan fingerprint density at radius 1 is 0.972 bits per heavy atom. The quantitative estimate of drug-likeness (QED) is 0.283. The Morgan fingerprint density at radius 2 is 1.86 bits per heavy atom. The van der Waals surface area contributed by atoms with Crippen molar-refractivity contribution in [3.05, 3.63) is 61.1 Å². The lowest BCUT2D eigenvalue weighted by molar-refractivity contribution is 0.579. The molecule has 0 amide bonds. The smallest absolute Gasteiger partial charge is 0.161 e. The highest BCUT2D eigenvalue weighted by Gasteiger charge is 2.25. The minimum absolute atomic E-state index is 0.579. The maximum Gasteiger partial charge on any atom is 0.161 e. The number of hydrogen-bond acceptors (Lipinski definition) is 6. The van der Waals surface area contributed by atoms with Crippen LogP contribution in [0.1, 0.15) is 32.1 Å². The highest BCUT2D eigenvalue weighted by atomic mass is 15.2. The molecule has 8 nitrogen and oxygen atoms in total. The fourth-order valence-electron chi connectivity index (χ4n) is 5.11. The number of piperidine rings is 1. The molecule has 0 atom stereocenters. The van der Waals surface area contributed by atoms with Crippen LogP contribution in [-0.2, 0) is 0 Å². The molecule has 0 bridgehead atoms. The van der Waals surface area contributed by atoms with Crippen molar-refractivity contribution >= 4 is 33.4 Å². The highest BCUT2D eigenvalue weighted by Crippen LogP contribution is 2.36. The van der Waals surface area contributed by atoms with Gasteiger partial charge >= 0.3 is 0 Å². The van der Waals surface area contributed by atoms with E-state index in [1.807, 2.05) is 24.5 Å². The zero-order valence-electron chi connectivity index (χ0n) is 20.1. The fourth-order valence-corrected chi connectivity index (χ4v) is 5.11. The summed E-state index contributed by atoms with van der Waals surface area (Å²) < 4.78 is 0. The van der Waals surface area contributed by atoms with E-state index in [4.69, 9.17) is 9.97 Å². The second kappa shape index (κ2) is 8.48. The minimum atomic E-state index is 0.579. The molecule has 0 unspecified atom stereocenters. The SMILES string of the molecule is C=C(Nc1cncc(-c2ccc3[nH]nc(-c4nc5c(N6CCCCC6)cccc5[nH]4)c3n2)c1)C1CC1. The molecule has 7 rings (SSSR count). The number of para-hydroxylation sites is 1. The minimum Gasteiger partial charge on any atom is -0.370 e. The number of benzene rings is 1. The second-order valence-corrected chi connectivity index (χ2v) is 9.86. The van der Waals surface area contributed by atoms with Gasteiger partial charge in [-0.05, 0) is 68.4 Å². The van der Waals surface area contributed by atoms with Gasteiger partial charge < -0.3 is 15.2 Å². The van der Waals surface area contributed by atoms with Crippen molar-refractivity contribution < 1.29 is 0 Å². The van der Waals surface area contributed by atoms with Crippen molar-refractivity contribution in [2.45, 2.75) is 32.1 Å². The van der Waals surface area contributed by atoms with Gasteiger partial charge in [-0.3, -0.25) is 10.1 Å². The maximum atomic E-state index is 5.00. The molecule has 180 valence electrons. The molecule has 5 aromatic rings. The normalized spacial score (nSPS) is 16.1. The van der Waals surface area contributed by atoms with E-state index >= 15 is 0 Å². The van der Waals surface area contributed by atoms with Crippen LogP contribution < -0.4 is 10.2 Å². The summed E-state index contributed by atoms with van der Waals surface area (Å²) in [5.41, 5.74) is 9.33. The lowest BCUT2D eigenvalue weighted by atomic mass is 10.1.